The van der Waals surface area contributed by atoms with Gasteiger partial charge in [-0.15, -0.1) is 23.1 Å². The van der Waals surface area contributed by atoms with Crippen LogP contribution in [0.25, 0.3) is 0 Å². The highest BCUT2D eigenvalue weighted by Crippen LogP contribution is 2.31. The summed E-state index contributed by atoms with van der Waals surface area (Å²) in [5.74, 6) is 0. The Morgan fingerprint density at radius 1 is 1.62 bits per heavy atom. The molecule has 2 N–H and O–H groups in total. The molecule has 1 aromatic rings. The molecule has 0 bridgehead atoms. The lowest BCUT2D eigenvalue weighted by molar-refractivity contribution is 0.168. The van der Waals surface area contributed by atoms with Crippen LogP contribution in [0.15, 0.2) is 21.7 Å². The fourth-order valence-corrected chi connectivity index (χ4v) is 4.16. The van der Waals surface area contributed by atoms with Crippen molar-refractivity contribution in [2.45, 2.75) is 42.2 Å². The van der Waals surface area contributed by atoms with Crippen molar-refractivity contribution < 1.29 is 5.11 Å². The Morgan fingerprint density at radius 2 is 2.38 bits per heavy atom. The molecule has 0 radical (unpaired) electrons. The first-order valence-corrected chi connectivity index (χ1v) is 7.41. The standard InChI is InChI=1S/C12H21NOS2/c1-4-13-12(3,9-14)8-10(2)16-11-6-5-7-15-11/h5-7,10,13-14H,4,8-9H2,1-3H3. The van der Waals surface area contributed by atoms with E-state index in [-0.39, 0.29) is 12.1 Å². The first-order chi connectivity index (χ1) is 7.59. The Morgan fingerprint density at radius 3 is 2.88 bits per heavy atom. The number of aliphatic hydroxyl groups is 1. The molecule has 0 spiro atoms. The van der Waals surface area contributed by atoms with E-state index in [0.717, 1.165) is 13.0 Å². The molecule has 2 nitrogen and oxygen atoms in total. The van der Waals surface area contributed by atoms with Crippen LogP contribution in [0, 0.1) is 0 Å². The van der Waals surface area contributed by atoms with Crippen molar-refractivity contribution in [2.75, 3.05) is 13.2 Å². The fraction of sp³-hybridized carbons (Fsp3) is 0.667. The molecule has 0 fully saturated rings. The predicted octanol–water partition coefficient (Wildman–Crippen LogP) is 2.98. The van der Waals surface area contributed by atoms with Gasteiger partial charge in [0.05, 0.1) is 10.8 Å². The number of likely N-dealkylation sites (N-methyl/N-ethyl adjacent to an activating group) is 1. The molecule has 0 amide bonds. The molecule has 1 aromatic heterocycles. The van der Waals surface area contributed by atoms with Crippen LogP contribution in [0.5, 0.6) is 0 Å². The molecule has 0 aromatic carbocycles. The molecule has 2 unspecified atom stereocenters. The van der Waals surface area contributed by atoms with Gasteiger partial charge in [0.25, 0.3) is 0 Å². The number of thioether (sulfide) groups is 1. The molecular formula is C12H21NOS2. The van der Waals surface area contributed by atoms with E-state index in [9.17, 15) is 5.11 Å². The van der Waals surface area contributed by atoms with E-state index in [1.165, 1.54) is 4.21 Å². The number of nitrogens with one attached hydrogen (secondary N) is 1. The largest absolute Gasteiger partial charge is 0.394 e. The summed E-state index contributed by atoms with van der Waals surface area (Å²) in [5, 5.41) is 15.4. The van der Waals surface area contributed by atoms with Crippen molar-refractivity contribution in [2.24, 2.45) is 0 Å². The number of hydrogen-bond donors (Lipinski definition) is 2. The maximum Gasteiger partial charge on any atom is 0.0611 e. The van der Waals surface area contributed by atoms with Gasteiger partial charge in [-0.2, -0.15) is 0 Å². The minimum atomic E-state index is -0.154. The predicted molar refractivity (Wildman–Crippen MR) is 73.4 cm³/mol. The second-order valence-electron chi connectivity index (χ2n) is 4.31. The van der Waals surface area contributed by atoms with Gasteiger partial charge >= 0.3 is 0 Å². The second-order valence-corrected chi connectivity index (χ2v) is 7.00. The lowest BCUT2D eigenvalue weighted by Gasteiger charge is -2.30. The van der Waals surface area contributed by atoms with Crippen LogP contribution in [0.3, 0.4) is 0 Å². The first-order valence-electron chi connectivity index (χ1n) is 5.65. The second kappa shape index (κ2) is 6.64. The van der Waals surface area contributed by atoms with Crippen LogP contribution < -0.4 is 5.32 Å². The maximum atomic E-state index is 9.42. The zero-order valence-corrected chi connectivity index (χ0v) is 11.8. The molecule has 16 heavy (non-hydrogen) atoms. The smallest absolute Gasteiger partial charge is 0.0611 e. The molecule has 1 rings (SSSR count). The number of thiophene rings is 1. The van der Waals surface area contributed by atoms with E-state index in [1.54, 1.807) is 11.3 Å². The zero-order valence-electron chi connectivity index (χ0n) is 10.2. The molecule has 0 aliphatic carbocycles. The van der Waals surface area contributed by atoms with Gasteiger partial charge in [-0.25, -0.2) is 0 Å². The molecule has 2 atom stereocenters. The number of hydrogen-bond acceptors (Lipinski definition) is 4. The molecule has 92 valence electrons. The van der Waals surface area contributed by atoms with Gasteiger partial charge in [-0.05, 0) is 31.3 Å². The minimum absolute atomic E-state index is 0.154. The van der Waals surface area contributed by atoms with E-state index in [1.807, 2.05) is 11.8 Å². The first kappa shape index (κ1) is 14.0. The molecule has 0 aliphatic rings. The highest BCUT2D eigenvalue weighted by Gasteiger charge is 2.25. The normalized spacial score (nSPS) is 17.0. The monoisotopic (exact) mass is 259 g/mol. The van der Waals surface area contributed by atoms with Gasteiger partial charge in [0, 0.05) is 10.8 Å². The lowest BCUT2D eigenvalue weighted by atomic mass is 9.97. The molecule has 4 heteroatoms. The number of aliphatic hydroxyl groups excluding tert-OH is 1. The molecule has 0 saturated carbocycles. The van der Waals surface area contributed by atoms with E-state index >= 15 is 0 Å². The summed E-state index contributed by atoms with van der Waals surface area (Å²) in [6.07, 6.45) is 0.972. The van der Waals surface area contributed by atoms with Crippen LogP contribution in [0.2, 0.25) is 0 Å². The van der Waals surface area contributed by atoms with Crippen molar-refractivity contribution >= 4 is 23.1 Å². The number of rotatable bonds is 7. The van der Waals surface area contributed by atoms with Gasteiger partial charge in [0.15, 0.2) is 0 Å². The van der Waals surface area contributed by atoms with Crippen molar-refractivity contribution in [3.63, 3.8) is 0 Å². The van der Waals surface area contributed by atoms with Crippen molar-refractivity contribution in [3.8, 4) is 0 Å². The molecule has 0 saturated heterocycles. The van der Waals surface area contributed by atoms with Crippen LogP contribution in [0.1, 0.15) is 27.2 Å². The topological polar surface area (TPSA) is 32.3 Å². The van der Waals surface area contributed by atoms with Crippen LogP contribution in [-0.2, 0) is 0 Å². The van der Waals surface area contributed by atoms with E-state index < -0.39 is 0 Å². The van der Waals surface area contributed by atoms with E-state index in [4.69, 9.17) is 0 Å². The molecular weight excluding hydrogens is 238 g/mol. The fourth-order valence-electron chi connectivity index (χ4n) is 1.82. The van der Waals surface area contributed by atoms with Crippen molar-refractivity contribution in [1.29, 1.82) is 0 Å². The van der Waals surface area contributed by atoms with Crippen LogP contribution in [0.4, 0.5) is 0 Å². The SMILES string of the molecule is CCNC(C)(CO)CC(C)Sc1cccs1. The average Bonchev–Trinajstić information content (AvgIpc) is 2.70. The Labute approximate surface area is 106 Å². The minimum Gasteiger partial charge on any atom is -0.394 e. The molecule has 1 heterocycles. The quantitative estimate of drug-likeness (QED) is 0.738. The van der Waals surface area contributed by atoms with E-state index in [2.05, 4.69) is 43.6 Å². The van der Waals surface area contributed by atoms with E-state index in [0.29, 0.717) is 5.25 Å². The third-order valence-electron chi connectivity index (χ3n) is 2.50. The Bertz CT molecular complexity index is 289. The third kappa shape index (κ3) is 4.45. The Kier molecular flexibility index (Phi) is 5.83. The van der Waals surface area contributed by atoms with Crippen LogP contribution >= 0.6 is 23.1 Å². The summed E-state index contributed by atoms with van der Waals surface area (Å²) in [7, 11) is 0. The Balaban J connectivity index is 2.45. The third-order valence-corrected chi connectivity index (χ3v) is 4.68. The summed E-state index contributed by atoms with van der Waals surface area (Å²) in [5.41, 5.74) is -0.154. The summed E-state index contributed by atoms with van der Waals surface area (Å²) < 4.78 is 1.35. The van der Waals surface area contributed by atoms with Gasteiger partial charge in [0.2, 0.25) is 0 Å². The van der Waals surface area contributed by atoms with Gasteiger partial charge in [-0.3, -0.25) is 0 Å². The van der Waals surface area contributed by atoms with Gasteiger partial charge in [-0.1, -0.05) is 19.9 Å². The van der Waals surface area contributed by atoms with Crippen molar-refractivity contribution in [1.82, 2.24) is 5.32 Å². The summed E-state index contributed by atoms with van der Waals surface area (Å²) in [6, 6.07) is 4.23. The summed E-state index contributed by atoms with van der Waals surface area (Å²) >= 11 is 3.66. The highest BCUT2D eigenvalue weighted by atomic mass is 32.2. The van der Waals surface area contributed by atoms with Gasteiger partial charge < -0.3 is 10.4 Å². The highest BCUT2D eigenvalue weighted by molar-refractivity contribution is 8.01. The zero-order chi connectivity index (χ0) is 12.0. The summed E-state index contributed by atoms with van der Waals surface area (Å²) in [4.78, 5) is 0. The summed E-state index contributed by atoms with van der Waals surface area (Å²) in [6.45, 7) is 7.46. The molecule has 0 aliphatic heterocycles. The lowest BCUT2D eigenvalue weighted by Crippen LogP contribution is -2.47. The van der Waals surface area contributed by atoms with Crippen LogP contribution in [-0.4, -0.2) is 29.0 Å². The van der Waals surface area contributed by atoms with Gasteiger partial charge in [0.1, 0.15) is 0 Å². The maximum absolute atomic E-state index is 9.42. The Hall–Kier alpha value is -0.0300. The van der Waals surface area contributed by atoms with Crippen molar-refractivity contribution in [3.05, 3.63) is 17.5 Å². The average molecular weight is 259 g/mol.